The number of H-pyrrole nitrogens is 1. The van der Waals surface area contributed by atoms with Crippen molar-refractivity contribution < 1.29 is 0 Å². The van der Waals surface area contributed by atoms with Crippen molar-refractivity contribution in [3.8, 4) is 0 Å². The molecule has 1 fully saturated rings. The van der Waals surface area contributed by atoms with E-state index >= 15 is 0 Å². The van der Waals surface area contributed by atoms with Crippen LogP contribution in [0.1, 0.15) is 46.2 Å². The van der Waals surface area contributed by atoms with Crippen LogP contribution in [0.4, 0.5) is 0 Å². The lowest BCUT2D eigenvalue weighted by Crippen LogP contribution is -2.35. The third kappa shape index (κ3) is 5.02. The molecule has 1 N–H and O–H groups in total. The number of aryl methyl sites for hydroxylation is 1. The number of rotatable bonds is 2. The van der Waals surface area contributed by atoms with E-state index in [1.165, 1.54) is 10.6 Å². The van der Waals surface area contributed by atoms with Crippen molar-refractivity contribution in [3.63, 3.8) is 0 Å². The fraction of sp³-hybridized carbons (Fsp3) is 0.692. The fourth-order valence-corrected chi connectivity index (χ4v) is 1.37. The van der Waals surface area contributed by atoms with Crippen molar-refractivity contribution >= 4 is 0 Å². The molecule has 0 spiro atoms. The van der Waals surface area contributed by atoms with Crippen LogP contribution in [0.25, 0.3) is 0 Å². The summed E-state index contributed by atoms with van der Waals surface area (Å²) in [4.78, 5) is 25.3. The van der Waals surface area contributed by atoms with Crippen molar-refractivity contribution in [1.82, 2.24) is 9.55 Å². The first-order valence-electron chi connectivity index (χ1n) is 6.47. The summed E-state index contributed by atoms with van der Waals surface area (Å²) in [5.41, 5.74) is 0.159. The molecular weight excluding hydrogens is 216 g/mol. The summed E-state index contributed by atoms with van der Waals surface area (Å²) in [6.07, 6.45) is 2.28. The van der Waals surface area contributed by atoms with Crippen molar-refractivity contribution in [3.05, 3.63) is 32.6 Å². The number of hydrogen-bond acceptors (Lipinski definition) is 2. The summed E-state index contributed by atoms with van der Waals surface area (Å²) in [7, 11) is 0. The van der Waals surface area contributed by atoms with E-state index in [2.05, 4.69) is 4.98 Å². The van der Waals surface area contributed by atoms with Gasteiger partial charge in [0, 0.05) is 18.3 Å². The summed E-state index contributed by atoms with van der Waals surface area (Å²) < 4.78 is 1.28. The van der Waals surface area contributed by atoms with Crippen LogP contribution in [0.3, 0.4) is 0 Å². The Morgan fingerprint density at radius 2 is 1.76 bits per heavy atom. The van der Waals surface area contributed by atoms with Gasteiger partial charge in [0.1, 0.15) is 0 Å². The standard InChI is InChI=1S/C9H12N2O2.2C2H6/c1-6-4-8(12)11(9(13)10-6)5-7-2-3-7;2*1-2/h4,7H,2-3,5H2,1H3,(H,10,13);2*1-2H3. The maximum Gasteiger partial charge on any atom is 0.328 e. The Bertz CT molecular complexity index is 397. The number of aromatic amines is 1. The normalized spacial score (nSPS) is 13.0. The van der Waals surface area contributed by atoms with Crippen LogP contribution >= 0.6 is 0 Å². The van der Waals surface area contributed by atoms with E-state index in [0.29, 0.717) is 18.2 Å². The second-order valence-corrected chi connectivity index (χ2v) is 3.65. The molecule has 1 saturated carbocycles. The molecule has 1 aliphatic rings. The van der Waals surface area contributed by atoms with Crippen LogP contribution < -0.4 is 11.2 Å². The highest BCUT2D eigenvalue weighted by Gasteiger charge is 2.22. The minimum absolute atomic E-state index is 0.187. The number of nitrogens with one attached hydrogen (secondary N) is 1. The Morgan fingerprint density at radius 3 is 2.18 bits per heavy atom. The van der Waals surface area contributed by atoms with E-state index in [9.17, 15) is 9.59 Å². The van der Waals surface area contributed by atoms with Crippen molar-refractivity contribution in [2.75, 3.05) is 0 Å². The maximum atomic E-state index is 11.4. The van der Waals surface area contributed by atoms with Gasteiger partial charge >= 0.3 is 5.69 Å². The molecule has 2 rings (SSSR count). The number of hydrogen-bond donors (Lipinski definition) is 1. The third-order valence-electron chi connectivity index (χ3n) is 2.29. The molecule has 1 aromatic rings. The number of aromatic nitrogens is 2. The SMILES string of the molecule is CC.CC.Cc1cc(=O)n(CC2CC2)c(=O)[nH]1. The summed E-state index contributed by atoms with van der Waals surface area (Å²) in [5, 5.41) is 0. The van der Waals surface area contributed by atoms with Gasteiger partial charge in [-0.3, -0.25) is 9.36 Å². The van der Waals surface area contributed by atoms with Crippen molar-refractivity contribution in [2.24, 2.45) is 5.92 Å². The zero-order valence-corrected chi connectivity index (χ0v) is 11.5. The monoisotopic (exact) mass is 240 g/mol. The topological polar surface area (TPSA) is 54.9 Å². The second-order valence-electron chi connectivity index (χ2n) is 3.65. The molecule has 0 aromatic carbocycles. The van der Waals surface area contributed by atoms with Gasteiger partial charge in [0.25, 0.3) is 5.56 Å². The second kappa shape index (κ2) is 7.87. The fourth-order valence-electron chi connectivity index (χ4n) is 1.37. The molecule has 4 heteroatoms. The van der Waals surface area contributed by atoms with Gasteiger partial charge in [-0.05, 0) is 25.7 Å². The van der Waals surface area contributed by atoms with Crippen LogP contribution in [0.2, 0.25) is 0 Å². The summed E-state index contributed by atoms with van der Waals surface area (Å²) >= 11 is 0. The van der Waals surface area contributed by atoms with Crippen LogP contribution in [0.15, 0.2) is 15.7 Å². The van der Waals surface area contributed by atoms with Crippen LogP contribution in [-0.2, 0) is 6.54 Å². The Kier molecular flexibility index (Phi) is 7.26. The van der Waals surface area contributed by atoms with Crippen molar-refractivity contribution in [2.45, 2.75) is 54.0 Å². The minimum atomic E-state index is -0.281. The predicted octanol–water partition coefficient (Wildman–Crippen LogP) is 2.31. The largest absolute Gasteiger partial charge is 0.328 e. The maximum absolute atomic E-state index is 11.4. The zero-order chi connectivity index (χ0) is 13.4. The molecule has 98 valence electrons. The molecule has 0 aliphatic heterocycles. The van der Waals surface area contributed by atoms with Gasteiger partial charge in [0.2, 0.25) is 0 Å². The highest BCUT2D eigenvalue weighted by atomic mass is 16.2. The first-order chi connectivity index (χ1) is 8.16. The average Bonchev–Trinajstić information content (AvgIpc) is 3.13. The van der Waals surface area contributed by atoms with E-state index in [1.807, 2.05) is 27.7 Å². The average molecular weight is 240 g/mol. The lowest BCUT2D eigenvalue weighted by molar-refractivity contribution is 0.572. The molecule has 0 radical (unpaired) electrons. The zero-order valence-electron chi connectivity index (χ0n) is 11.5. The molecule has 1 aliphatic carbocycles. The van der Waals surface area contributed by atoms with E-state index < -0.39 is 0 Å². The molecule has 0 unspecified atom stereocenters. The van der Waals surface area contributed by atoms with Gasteiger partial charge in [-0.15, -0.1) is 0 Å². The lowest BCUT2D eigenvalue weighted by Gasteiger charge is -2.02. The predicted molar refractivity (Wildman–Crippen MR) is 71.5 cm³/mol. The van der Waals surface area contributed by atoms with Gasteiger partial charge in [-0.2, -0.15) is 0 Å². The van der Waals surface area contributed by atoms with Crippen molar-refractivity contribution in [1.29, 1.82) is 0 Å². The van der Waals surface area contributed by atoms with Gasteiger partial charge in [0.15, 0.2) is 0 Å². The van der Waals surface area contributed by atoms with E-state index in [0.717, 1.165) is 12.8 Å². The smallest absolute Gasteiger partial charge is 0.311 e. The Labute approximate surface area is 103 Å². The lowest BCUT2D eigenvalue weighted by atomic mass is 10.4. The first kappa shape index (κ1) is 15.7. The summed E-state index contributed by atoms with van der Waals surface area (Å²) in [6, 6.07) is 1.46. The number of nitrogens with zero attached hydrogens (tertiary/aromatic N) is 1. The highest BCUT2D eigenvalue weighted by Crippen LogP contribution is 2.29. The summed E-state index contributed by atoms with van der Waals surface area (Å²) in [6.45, 7) is 10.3. The Hall–Kier alpha value is -1.32. The van der Waals surface area contributed by atoms with Crippen LogP contribution in [0, 0.1) is 12.8 Å². The molecule has 17 heavy (non-hydrogen) atoms. The van der Waals surface area contributed by atoms with E-state index in [4.69, 9.17) is 0 Å². The van der Waals surface area contributed by atoms with Gasteiger partial charge in [-0.1, -0.05) is 27.7 Å². The van der Waals surface area contributed by atoms with E-state index in [-0.39, 0.29) is 11.2 Å². The van der Waals surface area contributed by atoms with E-state index in [1.54, 1.807) is 6.92 Å². The highest BCUT2D eigenvalue weighted by molar-refractivity contribution is 4.96. The molecule has 1 aromatic heterocycles. The van der Waals surface area contributed by atoms with Crippen LogP contribution in [-0.4, -0.2) is 9.55 Å². The Balaban J connectivity index is 0.000000581. The third-order valence-corrected chi connectivity index (χ3v) is 2.29. The Morgan fingerprint density at radius 1 is 1.24 bits per heavy atom. The molecule has 0 saturated heterocycles. The first-order valence-corrected chi connectivity index (χ1v) is 6.47. The van der Waals surface area contributed by atoms with Gasteiger partial charge in [0.05, 0.1) is 0 Å². The molecule has 1 heterocycles. The molecule has 0 amide bonds. The molecular formula is C13H24N2O2. The molecule has 4 nitrogen and oxygen atoms in total. The quantitative estimate of drug-likeness (QED) is 0.862. The summed E-state index contributed by atoms with van der Waals surface area (Å²) in [5.74, 6) is 0.543. The molecule has 0 bridgehead atoms. The minimum Gasteiger partial charge on any atom is -0.311 e. The molecule has 0 atom stereocenters. The van der Waals surface area contributed by atoms with Gasteiger partial charge < -0.3 is 4.98 Å². The van der Waals surface area contributed by atoms with Crippen LogP contribution in [0.5, 0.6) is 0 Å². The van der Waals surface area contributed by atoms with Gasteiger partial charge in [-0.25, -0.2) is 4.79 Å².